The SMILES string of the molecule is COc1ccc2[nH]cc(C3CCN(CC(O)COc4ccccc4C)CC3)c2c1. The van der Waals surface area contributed by atoms with Crippen LogP contribution in [0.2, 0.25) is 0 Å². The number of nitrogens with zero attached hydrogens (tertiary/aromatic N) is 1. The number of para-hydroxylation sites is 1. The number of rotatable bonds is 7. The number of aryl methyl sites for hydroxylation is 1. The number of methoxy groups -OCH3 is 1. The van der Waals surface area contributed by atoms with E-state index in [1.54, 1.807) is 7.11 Å². The number of H-pyrrole nitrogens is 1. The van der Waals surface area contributed by atoms with Crippen molar-refractivity contribution in [3.63, 3.8) is 0 Å². The van der Waals surface area contributed by atoms with Crippen LogP contribution in [0, 0.1) is 6.92 Å². The minimum Gasteiger partial charge on any atom is -0.497 e. The quantitative estimate of drug-likeness (QED) is 0.633. The van der Waals surface area contributed by atoms with E-state index in [0.717, 1.165) is 48.5 Å². The van der Waals surface area contributed by atoms with Crippen LogP contribution >= 0.6 is 0 Å². The van der Waals surface area contributed by atoms with Gasteiger partial charge < -0.3 is 24.5 Å². The first-order valence-electron chi connectivity index (χ1n) is 10.4. The fourth-order valence-corrected chi connectivity index (χ4v) is 4.27. The summed E-state index contributed by atoms with van der Waals surface area (Å²) in [6.07, 6.45) is 3.85. The molecule has 1 fully saturated rings. The molecule has 5 nitrogen and oxygen atoms in total. The number of aliphatic hydroxyl groups is 1. The summed E-state index contributed by atoms with van der Waals surface area (Å²) < 4.78 is 11.2. The molecular weight excluding hydrogens is 364 g/mol. The summed E-state index contributed by atoms with van der Waals surface area (Å²) in [5.41, 5.74) is 3.63. The van der Waals surface area contributed by atoms with Crippen LogP contribution in [0.3, 0.4) is 0 Å². The number of aliphatic hydroxyl groups excluding tert-OH is 1. The average Bonchev–Trinajstić information content (AvgIpc) is 3.17. The minimum absolute atomic E-state index is 0.326. The van der Waals surface area contributed by atoms with Crippen LogP contribution in [-0.2, 0) is 0 Å². The van der Waals surface area contributed by atoms with Crippen molar-refractivity contribution >= 4 is 10.9 Å². The molecule has 1 atom stereocenters. The number of likely N-dealkylation sites (tertiary alicyclic amines) is 1. The normalized spacial score (nSPS) is 16.8. The van der Waals surface area contributed by atoms with E-state index >= 15 is 0 Å². The molecule has 0 bridgehead atoms. The highest BCUT2D eigenvalue weighted by atomic mass is 16.5. The molecule has 0 aliphatic carbocycles. The molecule has 0 amide bonds. The van der Waals surface area contributed by atoms with Gasteiger partial charge in [-0.05, 0) is 74.2 Å². The van der Waals surface area contributed by atoms with Crippen LogP contribution in [0.1, 0.15) is 29.9 Å². The number of hydrogen-bond acceptors (Lipinski definition) is 4. The molecule has 29 heavy (non-hydrogen) atoms. The van der Waals surface area contributed by atoms with Crippen LogP contribution in [-0.4, -0.2) is 54.4 Å². The Morgan fingerprint density at radius 2 is 1.97 bits per heavy atom. The van der Waals surface area contributed by atoms with Gasteiger partial charge >= 0.3 is 0 Å². The summed E-state index contributed by atoms with van der Waals surface area (Å²) in [7, 11) is 1.71. The molecule has 1 saturated heterocycles. The monoisotopic (exact) mass is 394 g/mol. The van der Waals surface area contributed by atoms with Gasteiger partial charge in [-0.1, -0.05) is 18.2 Å². The first-order chi connectivity index (χ1) is 14.1. The Hall–Kier alpha value is -2.50. The predicted molar refractivity (Wildman–Crippen MR) is 116 cm³/mol. The number of ether oxygens (including phenoxy) is 2. The number of hydrogen-bond donors (Lipinski definition) is 2. The first kappa shape index (κ1) is 19.8. The minimum atomic E-state index is -0.483. The number of aromatic nitrogens is 1. The second-order valence-electron chi connectivity index (χ2n) is 7.96. The molecule has 154 valence electrons. The molecule has 1 aliphatic rings. The maximum absolute atomic E-state index is 10.4. The molecule has 4 rings (SSSR count). The van der Waals surface area contributed by atoms with Crippen molar-refractivity contribution in [3.05, 3.63) is 59.8 Å². The molecule has 0 radical (unpaired) electrons. The largest absolute Gasteiger partial charge is 0.497 e. The number of β-amino-alcohol motifs (C(OH)–C–C–N with tert-alkyl or cyclic N) is 1. The van der Waals surface area contributed by atoms with Crippen molar-refractivity contribution in [2.75, 3.05) is 33.4 Å². The molecule has 2 heterocycles. The molecule has 0 spiro atoms. The van der Waals surface area contributed by atoms with E-state index in [2.05, 4.69) is 28.2 Å². The Morgan fingerprint density at radius 3 is 2.72 bits per heavy atom. The molecule has 2 aromatic carbocycles. The van der Waals surface area contributed by atoms with Gasteiger partial charge in [-0.25, -0.2) is 0 Å². The number of piperidine rings is 1. The van der Waals surface area contributed by atoms with Crippen molar-refractivity contribution in [3.8, 4) is 11.5 Å². The molecule has 3 aromatic rings. The van der Waals surface area contributed by atoms with E-state index in [0.29, 0.717) is 19.1 Å². The van der Waals surface area contributed by atoms with Gasteiger partial charge in [0.2, 0.25) is 0 Å². The Balaban J connectivity index is 1.30. The second kappa shape index (κ2) is 8.89. The van der Waals surface area contributed by atoms with Crippen molar-refractivity contribution in [2.24, 2.45) is 0 Å². The summed E-state index contributed by atoms with van der Waals surface area (Å²) >= 11 is 0. The van der Waals surface area contributed by atoms with Crippen molar-refractivity contribution < 1.29 is 14.6 Å². The van der Waals surface area contributed by atoms with Crippen LogP contribution in [0.4, 0.5) is 0 Å². The zero-order valence-corrected chi connectivity index (χ0v) is 17.2. The smallest absolute Gasteiger partial charge is 0.122 e. The summed E-state index contributed by atoms with van der Waals surface area (Å²) in [5, 5.41) is 11.7. The topological polar surface area (TPSA) is 57.7 Å². The Bertz CT molecular complexity index is 944. The van der Waals surface area contributed by atoms with Gasteiger partial charge in [0.05, 0.1) is 7.11 Å². The summed E-state index contributed by atoms with van der Waals surface area (Å²) in [4.78, 5) is 5.74. The Morgan fingerprint density at radius 1 is 1.17 bits per heavy atom. The molecule has 0 saturated carbocycles. The lowest BCUT2D eigenvalue weighted by Gasteiger charge is -2.33. The lowest BCUT2D eigenvalue weighted by molar-refractivity contribution is 0.0593. The summed E-state index contributed by atoms with van der Waals surface area (Å²) in [6.45, 7) is 4.98. The van der Waals surface area contributed by atoms with Gasteiger partial charge in [-0.15, -0.1) is 0 Å². The number of benzene rings is 2. The van der Waals surface area contributed by atoms with Crippen molar-refractivity contribution in [1.82, 2.24) is 9.88 Å². The molecule has 1 aliphatic heterocycles. The zero-order valence-electron chi connectivity index (χ0n) is 17.2. The molecule has 2 N–H and O–H groups in total. The third kappa shape index (κ3) is 4.57. The van der Waals surface area contributed by atoms with Gasteiger partial charge in [0.15, 0.2) is 0 Å². The predicted octanol–water partition coefficient (Wildman–Crippen LogP) is 4.10. The van der Waals surface area contributed by atoms with Gasteiger partial charge in [0.1, 0.15) is 24.2 Å². The van der Waals surface area contributed by atoms with Gasteiger partial charge in [0.25, 0.3) is 0 Å². The van der Waals surface area contributed by atoms with E-state index < -0.39 is 6.10 Å². The fourth-order valence-electron chi connectivity index (χ4n) is 4.27. The van der Waals surface area contributed by atoms with Crippen LogP contribution in [0.5, 0.6) is 11.5 Å². The van der Waals surface area contributed by atoms with Gasteiger partial charge in [-0.3, -0.25) is 0 Å². The number of aromatic amines is 1. The van der Waals surface area contributed by atoms with E-state index in [1.165, 1.54) is 10.9 Å². The summed E-state index contributed by atoms with van der Waals surface area (Å²) in [6, 6.07) is 14.1. The van der Waals surface area contributed by atoms with Gasteiger partial charge in [0, 0.05) is 23.6 Å². The maximum Gasteiger partial charge on any atom is 0.122 e. The Labute approximate surface area is 172 Å². The third-order valence-corrected chi connectivity index (χ3v) is 5.94. The molecule has 5 heteroatoms. The van der Waals surface area contributed by atoms with Crippen molar-refractivity contribution in [1.29, 1.82) is 0 Å². The standard InChI is InChI=1S/C24H30N2O3/c1-17-5-3-4-6-24(17)29-16-19(27)15-26-11-9-18(10-12-26)22-14-25-23-8-7-20(28-2)13-21(22)23/h3-8,13-14,18-19,25,27H,9-12,15-16H2,1-2H3. The molecular formula is C24H30N2O3. The van der Waals surface area contributed by atoms with Crippen LogP contribution in [0.15, 0.2) is 48.7 Å². The van der Waals surface area contributed by atoms with Gasteiger partial charge in [-0.2, -0.15) is 0 Å². The molecule has 1 aromatic heterocycles. The zero-order chi connectivity index (χ0) is 20.2. The second-order valence-corrected chi connectivity index (χ2v) is 7.96. The third-order valence-electron chi connectivity index (χ3n) is 5.94. The van der Waals surface area contributed by atoms with E-state index in [4.69, 9.17) is 9.47 Å². The Kier molecular flexibility index (Phi) is 6.07. The lowest BCUT2D eigenvalue weighted by Crippen LogP contribution is -2.40. The summed E-state index contributed by atoms with van der Waals surface area (Å²) in [5.74, 6) is 2.28. The van der Waals surface area contributed by atoms with Crippen LogP contribution < -0.4 is 9.47 Å². The van der Waals surface area contributed by atoms with E-state index in [-0.39, 0.29) is 0 Å². The van der Waals surface area contributed by atoms with Crippen molar-refractivity contribution in [2.45, 2.75) is 31.8 Å². The fraction of sp³-hybridized carbons (Fsp3) is 0.417. The highest BCUT2D eigenvalue weighted by molar-refractivity contribution is 5.85. The average molecular weight is 395 g/mol. The highest BCUT2D eigenvalue weighted by Gasteiger charge is 2.24. The van der Waals surface area contributed by atoms with E-state index in [9.17, 15) is 5.11 Å². The number of fused-ring (bicyclic) bond motifs is 1. The number of nitrogens with one attached hydrogen (secondary N) is 1. The van der Waals surface area contributed by atoms with E-state index in [1.807, 2.05) is 37.3 Å². The van der Waals surface area contributed by atoms with Crippen LogP contribution in [0.25, 0.3) is 10.9 Å². The molecule has 1 unspecified atom stereocenters. The first-order valence-corrected chi connectivity index (χ1v) is 10.4. The highest BCUT2D eigenvalue weighted by Crippen LogP contribution is 2.34. The maximum atomic E-state index is 10.4. The lowest BCUT2D eigenvalue weighted by atomic mass is 9.89.